The zero-order valence-electron chi connectivity index (χ0n) is 15.6. The Balaban J connectivity index is 1.72. The third-order valence-electron chi connectivity index (χ3n) is 4.77. The van der Waals surface area contributed by atoms with E-state index < -0.39 is 7.12 Å². The molecule has 0 amide bonds. The lowest BCUT2D eigenvalue weighted by Crippen LogP contribution is -2.29. The van der Waals surface area contributed by atoms with E-state index in [0.717, 1.165) is 28.2 Å². The van der Waals surface area contributed by atoms with Gasteiger partial charge in [0.15, 0.2) is 0 Å². The summed E-state index contributed by atoms with van der Waals surface area (Å²) in [5.74, 6) is -0.253. The maximum absolute atomic E-state index is 13.2. The molecule has 0 atom stereocenters. The first-order valence-electron chi connectivity index (χ1n) is 9.29. The third kappa shape index (κ3) is 4.21. The topological polar surface area (TPSA) is 43.7 Å². The first-order valence-corrected chi connectivity index (χ1v) is 9.29. The lowest BCUT2D eigenvalue weighted by molar-refractivity contribution is 0.426. The molecule has 4 rings (SSSR count). The van der Waals surface area contributed by atoms with Gasteiger partial charge in [-0.05, 0) is 65.1 Å². The van der Waals surface area contributed by atoms with E-state index in [1.54, 1.807) is 24.3 Å². The average molecular weight is 383 g/mol. The normalized spacial score (nSPS) is 10.6. The van der Waals surface area contributed by atoms with Crippen LogP contribution in [-0.4, -0.2) is 17.2 Å². The smallest absolute Gasteiger partial charge is 0.423 e. The van der Waals surface area contributed by atoms with E-state index in [-0.39, 0.29) is 5.82 Å². The Morgan fingerprint density at radius 1 is 0.552 bits per heavy atom. The highest BCUT2D eigenvalue weighted by Gasteiger charge is 2.15. The second kappa shape index (κ2) is 8.31. The average Bonchev–Trinajstić information content (AvgIpc) is 2.76. The maximum atomic E-state index is 13.2. The Bertz CT molecular complexity index is 1070. The molecule has 0 aliphatic heterocycles. The van der Waals surface area contributed by atoms with E-state index in [1.165, 1.54) is 12.1 Å². The highest BCUT2D eigenvalue weighted by atomic mass is 19.1. The Hall–Kier alpha value is -3.41. The zero-order valence-corrected chi connectivity index (χ0v) is 15.6. The number of hydrogen-bond donors (Lipinski definition) is 2. The highest BCUT2D eigenvalue weighted by molar-refractivity contribution is 6.58. The minimum Gasteiger partial charge on any atom is -0.423 e. The first-order chi connectivity index (χ1) is 14.1. The molecule has 0 radical (unpaired) electrons. The Kier molecular flexibility index (Phi) is 5.43. The summed E-state index contributed by atoms with van der Waals surface area (Å²) in [5, 5.41) is 18.7. The van der Waals surface area contributed by atoms with Crippen LogP contribution in [0.15, 0.2) is 103 Å². The van der Waals surface area contributed by atoms with Crippen LogP contribution in [0.3, 0.4) is 0 Å². The van der Waals surface area contributed by atoms with Gasteiger partial charge < -0.3 is 14.9 Å². The molecule has 5 heteroatoms. The summed E-state index contributed by atoms with van der Waals surface area (Å²) in [6, 6.07) is 31.5. The predicted octanol–water partition coefficient (Wildman–Crippen LogP) is 4.64. The second-order valence-corrected chi connectivity index (χ2v) is 6.69. The fraction of sp³-hybridized carbons (Fsp3) is 0. The molecule has 0 saturated heterocycles. The molecule has 29 heavy (non-hydrogen) atoms. The van der Waals surface area contributed by atoms with Gasteiger partial charge in [-0.3, -0.25) is 0 Å². The molecular weight excluding hydrogens is 364 g/mol. The van der Waals surface area contributed by atoms with Crippen molar-refractivity contribution in [2.24, 2.45) is 0 Å². The van der Waals surface area contributed by atoms with E-state index in [0.29, 0.717) is 5.46 Å². The van der Waals surface area contributed by atoms with Crippen molar-refractivity contribution in [2.75, 3.05) is 4.90 Å². The van der Waals surface area contributed by atoms with Crippen molar-refractivity contribution in [3.05, 3.63) is 109 Å². The maximum Gasteiger partial charge on any atom is 0.488 e. The van der Waals surface area contributed by atoms with Crippen LogP contribution in [0.25, 0.3) is 11.1 Å². The highest BCUT2D eigenvalue weighted by Crippen LogP contribution is 2.35. The van der Waals surface area contributed by atoms with E-state index in [4.69, 9.17) is 0 Å². The Morgan fingerprint density at radius 2 is 1.00 bits per heavy atom. The molecule has 4 aromatic carbocycles. The summed E-state index contributed by atoms with van der Waals surface area (Å²) in [6.07, 6.45) is 0. The summed E-state index contributed by atoms with van der Waals surface area (Å²) in [6.45, 7) is 0. The van der Waals surface area contributed by atoms with Crippen LogP contribution in [0, 0.1) is 5.82 Å². The fourth-order valence-corrected chi connectivity index (χ4v) is 3.27. The summed E-state index contributed by atoms with van der Waals surface area (Å²) in [4.78, 5) is 2.09. The monoisotopic (exact) mass is 383 g/mol. The van der Waals surface area contributed by atoms with Gasteiger partial charge in [0.25, 0.3) is 0 Å². The van der Waals surface area contributed by atoms with Gasteiger partial charge >= 0.3 is 7.12 Å². The third-order valence-corrected chi connectivity index (χ3v) is 4.77. The predicted molar refractivity (Wildman–Crippen MR) is 116 cm³/mol. The van der Waals surface area contributed by atoms with Crippen LogP contribution in [0.2, 0.25) is 0 Å². The largest absolute Gasteiger partial charge is 0.488 e. The lowest BCUT2D eigenvalue weighted by Gasteiger charge is -2.26. The van der Waals surface area contributed by atoms with Crippen LogP contribution in [0.4, 0.5) is 21.5 Å². The second-order valence-electron chi connectivity index (χ2n) is 6.69. The van der Waals surface area contributed by atoms with Crippen molar-refractivity contribution in [1.82, 2.24) is 0 Å². The van der Waals surface area contributed by atoms with Crippen molar-refractivity contribution in [1.29, 1.82) is 0 Å². The quantitative estimate of drug-likeness (QED) is 0.494. The van der Waals surface area contributed by atoms with Gasteiger partial charge in [-0.15, -0.1) is 0 Å². The minimum atomic E-state index is -1.50. The van der Waals surface area contributed by atoms with Gasteiger partial charge in [-0.1, -0.05) is 54.6 Å². The summed E-state index contributed by atoms with van der Waals surface area (Å²) < 4.78 is 13.2. The molecule has 0 bridgehead atoms. The van der Waals surface area contributed by atoms with E-state index in [9.17, 15) is 14.4 Å². The number of halogens is 1. The van der Waals surface area contributed by atoms with Gasteiger partial charge in [-0.2, -0.15) is 0 Å². The fourth-order valence-electron chi connectivity index (χ4n) is 3.27. The zero-order chi connectivity index (χ0) is 20.2. The van der Waals surface area contributed by atoms with Crippen LogP contribution in [0.1, 0.15) is 0 Å². The van der Waals surface area contributed by atoms with Crippen LogP contribution < -0.4 is 10.4 Å². The number of para-hydroxylation sites is 1. The van der Waals surface area contributed by atoms with Crippen molar-refractivity contribution >= 4 is 29.6 Å². The number of rotatable bonds is 5. The molecule has 2 N–H and O–H groups in total. The number of benzene rings is 4. The molecule has 0 saturated carbocycles. The molecule has 0 unspecified atom stereocenters. The van der Waals surface area contributed by atoms with Gasteiger partial charge in [0.1, 0.15) is 5.82 Å². The number of hydrogen-bond acceptors (Lipinski definition) is 3. The van der Waals surface area contributed by atoms with E-state index >= 15 is 0 Å². The standard InChI is InChI=1S/C24H19BFNO2/c26-21-12-6-18(7-13-21)19-8-14-23(15-9-19)27(22-4-2-1-3-5-22)24-16-10-20(11-17-24)25(28)29/h1-17,28-29H. The Morgan fingerprint density at radius 3 is 1.52 bits per heavy atom. The van der Waals surface area contributed by atoms with Crippen molar-refractivity contribution in [2.45, 2.75) is 0 Å². The number of anilines is 3. The molecule has 3 nitrogen and oxygen atoms in total. The van der Waals surface area contributed by atoms with Gasteiger partial charge in [0.05, 0.1) is 0 Å². The SMILES string of the molecule is OB(O)c1ccc(N(c2ccccc2)c2ccc(-c3ccc(F)cc3)cc2)cc1. The molecule has 0 aliphatic rings. The van der Waals surface area contributed by atoms with Crippen molar-refractivity contribution in [3.8, 4) is 11.1 Å². The summed E-state index contributed by atoms with van der Waals surface area (Å²) in [7, 11) is -1.50. The molecule has 0 aromatic heterocycles. The molecule has 0 fully saturated rings. The van der Waals surface area contributed by atoms with Crippen molar-refractivity contribution in [3.63, 3.8) is 0 Å². The minimum absolute atomic E-state index is 0.253. The van der Waals surface area contributed by atoms with Gasteiger partial charge in [0, 0.05) is 17.1 Å². The van der Waals surface area contributed by atoms with Crippen molar-refractivity contribution < 1.29 is 14.4 Å². The number of nitrogens with zero attached hydrogens (tertiary/aromatic N) is 1. The molecule has 0 spiro atoms. The van der Waals surface area contributed by atoms with E-state index in [2.05, 4.69) is 4.90 Å². The Labute approximate surface area is 169 Å². The summed E-state index contributed by atoms with van der Waals surface area (Å²) in [5.41, 5.74) is 5.23. The van der Waals surface area contributed by atoms with Gasteiger partial charge in [0.2, 0.25) is 0 Å². The molecule has 142 valence electrons. The van der Waals surface area contributed by atoms with Crippen LogP contribution in [0.5, 0.6) is 0 Å². The van der Waals surface area contributed by atoms with Crippen LogP contribution in [-0.2, 0) is 0 Å². The van der Waals surface area contributed by atoms with Crippen LogP contribution >= 0.6 is 0 Å². The molecule has 0 aliphatic carbocycles. The molecular formula is C24H19BFNO2. The lowest BCUT2D eigenvalue weighted by atomic mass is 9.80. The summed E-state index contributed by atoms with van der Waals surface area (Å²) >= 11 is 0. The molecule has 0 heterocycles. The van der Waals surface area contributed by atoms with Gasteiger partial charge in [-0.25, -0.2) is 4.39 Å². The molecule has 4 aromatic rings. The first kappa shape index (κ1) is 18.9. The van der Waals surface area contributed by atoms with E-state index in [1.807, 2.05) is 66.7 Å².